The fraction of sp³-hybridized carbons (Fsp3) is 0.929. The quantitative estimate of drug-likeness (QED) is 0.667. The summed E-state index contributed by atoms with van der Waals surface area (Å²) in [5.74, 6) is 1.04. The first kappa shape index (κ1) is 12.7. The Morgan fingerprint density at radius 3 is 1.80 bits per heavy atom. The zero-order valence-electron chi connectivity index (χ0n) is 11.0. The highest BCUT2D eigenvalue weighted by Crippen LogP contribution is 2.42. The Morgan fingerprint density at radius 2 is 1.40 bits per heavy atom. The van der Waals surface area contributed by atoms with Crippen LogP contribution in [0.25, 0.3) is 0 Å². The van der Waals surface area contributed by atoms with Gasteiger partial charge in [-0.25, -0.2) is 0 Å². The van der Waals surface area contributed by atoms with Crippen molar-refractivity contribution >= 4 is 5.78 Å². The second-order valence-electron chi connectivity index (χ2n) is 6.64. The summed E-state index contributed by atoms with van der Waals surface area (Å²) in [6.07, 6.45) is 6.47. The summed E-state index contributed by atoms with van der Waals surface area (Å²) in [6, 6.07) is 0. The molecule has 0 bridgehead atoms. The van der Waals surface area contributed by atoms with Crippen LogP contribution in [0, 0.1) is 16.7 Å². The predicted octanol–water partition coefficient (Wildman–Crippen LogP) is 4.21. The molecule has 0 aromatic carbocycles. The smallest absolute Gasteiger partial charge is 0.144 e. The van der Waals surface area contributed by atoms with Crippen LogP contribution in [0.4, 0.5) is 0 Å². The first-order valence-electron chi connectivity index (χ1n) is 6.31. The molecule has 88 valence electrons. The Kier molecular flexibility index (Phi) is 3.63. The van der Waals surface area contributed by atoms with Crippen molar-refractivity contribution in [2.75, 3.05) is 0 Å². The molecule has 0 unspecified atom stereocenters. The van der Waals surface area contributed by atoms with E-state index in [-0.39, 0.29) is 10.8 Å². The molecule has 0 atom stereocenters. The van der Waals surface area contributed by atoms with Crippen molar-refractivity contribution < 1.29 is 4.79 Å². The number of carbonyl (C=O) groups excluding carboxylic acids is 1. The first-order valence-corrected chi connectivity index (χ1v) is 6.31. The van der Waals surface area contributed by atoms with Crippen LogP contribution in [0.5, 0.6) is 0 Å². The molecule has 1 heteroatoms. The lowest BCUT2D eigenvalue weighted by molar-refractivity contribution is -0.138. The molecule has 0 saturated heterocycles. The van der Waals surface area contributed by atoms with Gasteiger partial charge in [-0.15, -0.1) is 0 Å². The van der Waals surface area contributed by atoms with Gasteiger partial charge in [0, 0.05) is 10.8 Å². The molecular formula is C14H26O. The van der Waals surface area contributed by atoms with Gasteiger partial charge in [-0.3, -0.25) is 4.79 Å². The minimum atomic E-state index is -0.194. The van der Waals surface area contributed by atoms with Crippen LogP contribution in [-0.4, -0.2) is 5.78 Å². The summed E-state index contributed by atoms with van der Waals surface area (Å²) in [5, 5.41) is 0. The summed E-state index contributed by atoms with van der Waals surface area (Å²) in [4.78, 5) is 12.4. The van der Waals surface area contributed by atoms with E-state index in [0.717, 1.165) is 0 Å². The summed E-state index contributed by atoms with van der Waals surface area (Å²) < 4.78 is 0. The summed E-state index contributed by atoms with van der Waals surface area (Å²) >= 11 is 0. The van der Waals surface area contributed by atoms with Gasteiger partial charge >= 0.3 is 0 Å². The third kappa shape index (κ3) is 2.83. The standard InChI is InChI=1S/C14H26O/c1-13(2,3)12(15)14(4,5)11-9-7-6-8-10-11/h11H,6-10H2,1-5H3. The highest BCUT2D eigenvalue weighted by Gasteiger charge is 2.41. The van der Waals surface area contributed by atoms with Gasteiger partial charge in [0.05, 0.1) is 0 Å². The molecular weight excluding hydrogens is 184 g/mol. The van der Waals surface area contributed by atoms with E-state index in [1.54, 1.807) is 0 Å². The molecule has 0 aromatic heterocycles. The second kappa shape index (κ2) is 4.27. The molecule has 1 rings (SSSR count). The first-order chi connectivity index (χ1) is 6.76. The zero-order valence-corrected chi connectivity index (χ0v) is 11.0. The van der Waals surface area contributed by atoms with Crippen LogP contribution in [0.15, 0.2) is 0 Å². The van der Waals surface area contributed by atoms with Gasteiger partial charge in [0.2, 0.25) is 0 Å². The lowest BCUT2D eigenvalue weighted by atomic mass is 9.64. The van der Waals surface area contributed by atoms with E-state index in [4.69, 9.17) is 0 Å². The lowest BCUT2D eigenvalue weighted by Gasteiger charge is -2.39. The van der Waals surface area contributed by atoms with Crippen molar-refractivity contribution in [2.24, 2.45) is 16.7 Å². The third-order valence-electron chi connectivity index (χ3n) is 3.89. The van der Waals surface area contributed by atoms with Crippen LogP contribution in [0.2, 0.25) is 0 Å². The number of rotatable bonds is 2. The normalized spacial score (nSPS) is 20.3. The number of Topliss-reactive ketones (excluding diaryl/α,β-unsaturated/α-hetero) is 1. The van der Waals surface area contributed by atoms with Crippen molar-refractivity contribution in [3.8, 4) is 0 Å². The Morgan fingerprint density at radius 1 is 0.933 bits per heavy atom. The van der Waals surface area contributed by atoms with Crippen LogP contribution in [0.1, 0.15) is 66.7 Å². The minimum absolute atomic E-state index is 0.126. The van der Waals surface area contributed by atoms with Gasteiger partial charge in [0.15, 0.2) is 0 Å². The van der Waals surface area contributed by atoms with Gasteiger partial charge in [0.25, 0.3) is 0 Å². The van der Waals surface area contributed by atoms with E-state index < -0.39 is 0 Å². The number of ketones is 1. The maximum absolute atomic E-state index is 12.4. The van der Waals surface area contributed by atoms with Crippen molar-refractivity contribution in [1.82, 2.24) is 0 Å². The third-order valence-corrected chi connectivity index (χ3v) is 3.89. The fourth-order valence-electron chi connectivity index (χ4n) is 2.98. The molecule has 0 spiro atoms. The molecule has 0 aromatic rings. The summed E-state index contributed by atoms with van der Waals surface area (Å²) in [5.41, 5.74) is -0.320. The molecule has 1 saturated carbocycles. The summed E-state index contributed by atoms with van der Waals surface area (Å²) in [6.45, 7) is 10.4. The van der Waals surface area contributed by atoms with E-state index in [1.165, 1.54) is 32.1 Å². The Hall–Kier alpha value is -0.330. The number of hydrogen-bond acceptors (Lipinski definition) is 1. The number of carbonyl (C=O) groups is 1. The van der Waals surface area contributed by atoms with E-state index >= 15 is 0 Å². The highest BCUT2D eigenvalue weighted by molar-refractivity contribution is 5.89. The molecule has 0 radical (unpaired) electrons. The molecule has 1 aliphatic carbocycles. The van der Waals surface area contributed by atoms with Crippen LogP contribution >= 0.6 is 0 Å². The highest BCUT2D eigenvalue weighted by atomic mass is 16.1. The van der Waals surface area contributed by atoms with Crippen molar-refractivity contribution in [1.29, 1.82) is 0 Å². The second-order valence-corrected chi connectivity index (χ2v) is 6.64. The SMILES string of the molecule is CC(C)(C)C(=O)C(C)(C)C1CCCCC1. The van der Waals surface area contributed by atoms with Crippen LogP contribution in [0.3, 0.4) is 0 Å². The van der Waals surface area contributed by atoms with Gasteiger partial charge < -0.3 is 0 Å². The fourth-order valence-corrected chi connectivity index (χ4v) is 2.98. The monoisotopic (exact) mass is 210 g/mol. The molecule has 1 nitrogen and oxygen atoms in total. The molecule has 1 aliphatic rings. The predicted molar refractivity (Wildman–Crippen MR) is 64.8 cm³/mol. The van der Waals surface area contributed by atoms with E-state index in [0.29, 0.717) is 11.7 Å². The molecule has 0 aliphatic heterocycles. The van der Waals surface area contributed by atoms with E-state index in [2.05, 4.69) is 13.8 Å². The molecule has 0 amide bonds. The average Bonchev–Trinajstić information content (AvgIpc) is 2.16. The van der Waals surface area contributed by atoms with Crippen molar-refractivity contribution in [3.63, 3.8) is 0 Å². The van der Waals surface area contributed by atoms with Crippen LogP contribution in [-0.2, 0) is 4.79 Å². The Labute approximate surface area is 94.6 Å². The topological polar surface area (TPSA) is 17.1 Å². The maximum atomic E-state index is 12.4. The summed E-state index contributed by atoms with van der Waals surface area (Å²) in [7, 11) is 0. The minimum Gasteiger partial charge on any atom is -0.299 e. The van der Waals surface area contributed by atoms with E-state index in [9.17, 15) is 4.79 Å². The van der Waals surface area contributed by atoms with Gasteiger partial charge in [0.1, 0.15) is 5.78 Å². The van der Waals surface area contributed by atoms with Gasteiger partial charge in [-0.2, -0.15) is 0 Å². The average molecular weight is 210 g/mol. The lowest BCUT2D eigenvalue weighted by Crippen LogP contribution is -2.41. The van der Waals surface area contributed by atoms with Crippen molar-refractivity contribution in [3.05, 3.63) is 0 Å². The zero-order chi connectivity index (χ0) is 11.7. The van der Waals surface area contributed by atoms with Crippen LogP contribution < -0.4 is 0 Å². The number of hydrogen-bond donors (Lipinski definition) is 0. The van der Waals surface area contributed by atoms with Crippen molar-refractivity contribution in [2.45, 2.75) is 66.7 Å². The maximum Gasteiger partial charge on any atom is 0.144 e. The van der Waals surface area contributed by atoms with Gasteiger partial charge in [-0.05, 0) is 18.8 Å². The molecule has 0 N–H and O–H groups in total. The molecule has 0 heterocycles. The van der Waals surface area contributed by atoms with E-state index in [1.807, 2.05) is 20.8 Å². The molecule has 15 heavy (non-hydrogen) atoms. The largest absolute Gasteiger partial charge is 0.299 e. The molecule has 1 fully saturated rings. The Balaban J connectivity index is 2.76. The van der Waals surface area contributed by atoms with Gasteiger partial charge in [-0.1, -0.05) is 53.9 Å². The Bertz CT molecular complexity index is 226.